The molecule has 1 fully saturated rings. The van der Waals surface area contributed by atoms with E-state index in [0.717, 1.165) is 41.2 Å². The number of nitrogens with one attached hydrogen (secondary N) is 1. The second-order valence-electron chi connectivity index (χ2n) is 10.4. The maximum atomic E-state index is 13.6. The van der Waals surface area contributed by atoms with Crippen LogP contribution in [-0.4, -0.2) is 65.9 Å². The van der Waals surface area contributed by atoms with Crippen molar-refractivity contribution in [3.05, 3.63) is 63.3 Å². The van der Waals surface area contributed by atoms with Crippen molar-refractivity contribution in [2.75, 3.05) is 32.0 Å². The minimum Gasteiger partial charge on any atom is -0.313 e. The third kappa shape index (κ3) is 5.07. The molecule has 202 valence electrons. The number of aromatic nitrogens is 2. The fourth-order valence-electron chi connectivity index (χ4n) is 5.25. The Hall–Kier alpha value is -2.86. The summed E-state index contributed by atoms with van der Waals surface area (Å²) >= 11 is 1.41. The van der Waals surface area contributed by atoms with Crippen LogP contribution < -0.4 is 5.32 Å². The van der Waals surface area contributed by atoms with Crippen molar-refractivity contribution in [1.29, 1.82) is 0 Å². The number of likely N-dealkylation sites (N-methyl/N-ethyl adjacent to an activating group) is 1. The van der Waals surface area contributed by atoms with Crippen molar-refractivity contribution in [2.45, 2.75) is 51.5 Å². The number of carbonyl (C=O) groups is 2. The van der Waals surface area contributed by atoms with Crippen LogP contribution in [0.25, 0.3) is 0 Å². The second kappa shape index (κ2) is 10.4. The molecule has 9 nitrogen and oxygen atoms in total. The van der Waals surface area contributed by atoms with Crippen molar-refractivity contribution < 1.29 is 18.0 Å². The van der Waals surface area contributed by atoms with Gasteiger partial charge in [-0.3, -0.25) is 9.59 Å². The standard InChI is InChI=1S/C27H33N5O4S2/c1-17-6-5-12-31(15-17)38(35,36)21-9-7-20(8-10-21)25(33)28-26-24(22-11-13-30(4)16-23(22)37-26)27(34)32-19(3)14-18(2)29-32/h7-10,14,17H,5-6,11-13,15-16H2,1-4H3,(H,28,33). The Morgan fingerprint density at radius 2 is 1.87 bits per heavy atom. The average Bonchev–Trinajstić information content (AvgIpc) is 3.41. The number of carbonyl (C=O) groups excluding carboxylic acids is 2. The number of fused-ring (bicyclic) bond motifs is 1. The highest BCUT2D eigenvalue weighted by atomic mass is 32.2. The van der Waals surface area contributed by atoms with Crippen LogP contribution >= 0.6 is 11.3 Å². The number of thiophene rings is 1. The van der Waals surface area contributed by atoms with Crippen LogP contribution in [0.5, 0.6) is 0 Å². The van der Waals surface area contributed by atoms with Crippen molar-refractivity contribution in [2.24, 2.45) is 5.92 Å². The zero-order valence-electron chi connectivity index (χ0n) is 22.2. The van der Waals surface area contributed by atoms with Crippen LogP contribution in [0.15, 0.2) is 35.2 Å². The quantitative estimate of drug-likeness (QED) is 0.512. The number of hydrogen-bond acceptors (Lipinski definition) is 7. The molecule has 0 spiro atoms. The van der Waals surface area contributed by atoms with Crippen molar-refractivity contribution >= 4 is 38.2 Å². The van der Waals surface area contributed by atoms with Gasteiger partial charge in [0.05, 0.1) is 16.2 Å². The lowest BCUT2D eigenvalue weighted by Gasteiger charge is -2.30. The molecule has 0 aliphatic carbocycles. The average molecular weight is 556 g/mol. The molecule has 0 bridgehead atoms. The van der Waals surface area contributed by atoms with Crippen LogP contribution in [0.3, 0.4) is 0 Å². The lowest BCUT2D eigenvalue weighted by molar-refractivity contribution is 0.0942. The highest BCUT2D eigenvalue weighted by Gasteiger charge is 2.31. The minimum absolute atomic E-state index is 0.179. The zero-order valence-corrected chi connectivity index (χ0v) is 23.8. The van der Waals surface area contributed by atoms with Gasteiger partial charge in [0, 0.05) is 42.3 Å². The number of amides is 1. The largest absolute Gasteiger partial charge is 0.313 e. The predicted octanol–water partition coefficient (Wildman–Crippen LogP) is 3.91. The maximum Gasteiger partial charge on any atom is 0.281 e. The molecule has 1 unspecified atom stereocenters. The fraction of sp³-hybridized carbons (Fsp3) is 0.444. The van der Waals surface area contributed by atoms with Gasteiger partial charge in [-0.2, -0.15) is 9.40 Å². The monoisotopic (exact) mass is 555 g/mol. The molecule has 3 aromatic rings. The third-order valence-corrected chi connectivity index (χ3v) is 10.3. The summed E-state index contributed by atoms with van der Waals surface area (Å²) < 4.78 is 29.1. The van der Waals surface area contributed by atoms with E-state index in [-0.39, 0.29) is 10.8 Å². The molecule has 0 saturated carbocycles. The number of hydrogen-bond donors (Lipinski definition) is 1. The number of nitrogens with zero attached hydrogens (tertiary/aromatic N) is 4. The van der Waals surface area contributed by atoms with E-state index in [4.69, 9.17) is 0 Å². The summed E-state index contributed by atoms with van der Waals surface area (Å²) in [5, 5.41) is 7.81. The van der Waals surface area contributed by atoms with Gasteiger partial charge < -0.3 is 10.2 Å². The Morgan fingerprint density at radius 1 is 1.13 bits per heavy atom. The highest BCUT2D eigenvalue weighted by molar-refractivity contribution is 7.89. The summed E-state index contributed by atoms with van der Waals surface area (Å²) in [4.78, 5) is 30.3. The summed E-state index contributed by atoms with van der Waals surface area (Å²) in [6.07, 6.45) is 2.58. The number of benzene rings is 1. The lowest BCUT2D eigenvalue weighted by atomic mass is 10.0. The summed E-state index contributed by atoms with van der Waals surface area (Å²) in [7, 11) is -1.58. The molecular formula is C27H33N5O4S2. The van der Waals surface area contributed by atoms with Gasteiger partial charge in [-0.25, -0.2) is 13.1 Å². The first-order valence-electron chi connectivity index (χ1n) is 12.9. The van der Waals surface area contributed by atoms with Gasteiger partial charge in [-0.15, -0.1) is 11.3 Å². The first-order valence-corrected chi connectivity index (χ1v) is 15.1. The zero-order chi connectivity index (χ0) is 27.2. The van der Waals surface area contributed by atoms with Gasteiger partial charge in [0.15, 0.2) is 0 Å². The molecule has 2 aliphatic rings. The van der Waals surface area contributed by atoms with E-state index in [1.54, 1.807) is 0 Å². The summed E-state index contributed by atoms with van der Waals surface area (Å²) in [6, 6.07) is 7.88. The highest BCUT2D eigenvalue weighted by Crippen LogP contribution is 2.38. The Balaban J connectivity index is 1.42. The molecule has 11 heteroatoms. The molecule has 4 heterocycles. The van der Waals surface area contributed by atoms with E-state index in [2.05, 4.69) is 22.2 Å². The maximum absolute atomic E-state index is 13.6. The number of anilines is 1. The lowest BCUT2D eigenvalue weighted by Crippen LogP contribution is -2.39. The Morgan fingerprint density at radius 3 is 2.53 bits per heavy atom. The summed E-state index contributed by atoms with van der Waals surface area (Å²) in [5.74, 6) is -0.327. The molecule has 1 amide bonds. The van der Waals surface area contributed by atoms with Gasteiger partial charge in [0.25, 0.3) is 11.8 Å². The smallest absolute Gasteiger partial charge is 0.281 e. The van der Waals surface area contributed by atoms with Crippen molar-refractivity contribution in [3.63, 3.8) is 0 Å². The molecule has 1 aromatic carbocycles. The van der Waals surface area contributed by atoms with Crippen molar-refractivity contribution in [3.8, 4) is 0 Å². The molecule has 1 atom stereocenters. The number of sulfonamides is 1. The van der Waals surface area contributed by atoms with Crippen molar-refractivity contribution in [1.82, 2.24) is 19.0 Å². The van der Waals surface area contributed by atoms with Crippen LogP contribution in [0.2, 0.25) is 0 Å². The SMILES string of the molecule is Cc1cc(C)n(C(=O)c2c(NC(=O)c3ccc(S(=O)(=O)N4CCCC(C)C4)cc3)sc3c2CCN(C)C3)n1. The molecule has 1 N–H and O–H groups in total. The normalized spacial score (nSPS) is 18.8. The molecule has 5 rings (SSSR count). The van der Waals surface area contributed by atoms with E-state index in [0.29, 0.717) is 48.1 Å². The van der Waals surface area contributed by atoms with E-state index >= 15 is 0 Å². The van der Waals surface area contributed by atoms with E-state index in [9.17, 15) is 18.0 Å². The Kier molecular flexibility index (Phi) is 7.29. The van der Waals surface area contributed by atoms with Crippen LogP contribution in [-0.2, 0) is 23.0 Å². The third-order valence-electron chi connectivity index (χ3n) is 7.26. The van der Waals surface area contributed by atoms with Gasteiger partial charge in [-0.05, 0) is 82.0 Å². The topological polar surface area (TPSA) is 105 Å². The fourth-order valence-corrected chi connectivity index (χ4v) is 8.17. The van der Waals surface area contributed by atoms with E-state index in [1.165, 1.54) is 44.6 Å². The predicted molar refractivity (Wildman–Crippen MR) is 147 cm³/mol. The minimum atomic E-state index is -3.61. The van der Waals surface area contributed by atoms with Gasteiger partial charge in [0.2, 0.25) is 10.0 Å². The molecule has 2 aliphatic heterocycles. The van der Waals surface area contributed by atoms with E-state index in [1.807, 2.05) is 27.0 Å². The number of aryl methyl sites for hydroxylation is 2. The molecule has 1 saturated heterocycles. The van der Waals surface area contributed by atoms with E-state index < -0.39 is 15.9 Å². The van der Waals surface area contributed by atoms with Gasteiger partial charge in [-0.1, -0.05) is 6.92 Å². The number of rotatable bonds is 5. The molecular weight excluding hydrogens is 522 g/mol. The summed E-state index contributed by atoms with van der Waals surface area (Å²) in [5.41, 5.74) is 3.25. The first kappa shape index (κ1) is 26.7. The van der Waals surface area contributed by atoms with Crippen LogP contribution in [0.1, 0.15) is 62.3 Å². The first-order chi connectivity index (χ1) is 18.0. The molecule has 0 radical (unpaired) electrons. The Labute approximate surface area is 227 Å². The van der Waals surface area contributed by atoms with Crippen LogP contribution in [0.4, 0.5) is 5.00 Å². The number of piperidine rings is 1. The van der Waals surface area contributed by atoms with Gasteiger partial charge >= 0.3 is 0 Å². The second-order valence-corrected chi connectivity index (χ2v) is 13.5. The van der Waals surface area contributed by atoms with Gasteiger partial charge in [0.1, 0.15) is 5.00 Å². The molecule has 2 aromatic heterocycles. The molecule has 38 heavy (non-hydrogen) atoms. The summed E-state index contributed by atoms with van der Waals surface area (Å²) in [6.45, 7) is 8.28. The Bertz CT molecular complexity index is 1490. The van der Waals surface area contributed by atoms with Crippen LogP contribution in [0, 0.1) is 19.8 Å².